The molecule has 3 heterocycles. The van der Waals surface area contributed by atoms with Crippen LogP contribution < -0.4 is 0 Å². The van der Waals surface area contributed by atoms with Crippen molar-refractivity contribution >= 4 is 23.2 Å². The molecule has 1 saturated heterocycles. The number of piperazine rings is 1. The lowest BCUT2D eigenvalue weighted by Gasteiger charge is -2.41. The minimum Gasteiger partial charge on any atom is -0.423 e. The molecular weight excluding hydrogens is 368 g/mol. The maximum atomic E-state index is 5.61. The number of nitrogens with zero attached hydrogens (tertiary/aromatic N) is 4. The molecule has 5 nitrogen and oxygen atoms in total. The molecule has 0 radical (unpaired) electrons. The van der Waals surface area contributed by atoms with Crippen molar-refractivity contribution in [2.45, 2.75) is 39.3 Å². The average molecular weight is 397 g/mol. The van der Waals surface area contributed by atoms with Crippen LogP contribution in [0.15, 0.2) is 40.9 Å². The van der Waals surface area contributed by atoms with Crippen LogP contribution in [0, 0.1) is 6.92 Å². The Bertz CT molecular complexity index is 955. The first kappa shape index (κ1) is 19.4. The molecule has 28 heavy (non-hydrogen) atoms. The third-order valence-electron chi connectivity index (χ3n) is 5.51. The molecule has 4 rings (SSSR count). The van der Waals surface area contributed by atoms with Crippen molar-refractivity contribution in [2.75, 3.05) is 25.9 Å². The van der Waals surface area contributed by atoms with Crippen LogP contribution in [0.1, 0.15) is 48.4 Å². The van der Waals surface area contributed by atoms with Crippen molar-refractivity contribution in [3.63, 3.8) is 0 Å². The van der Waals surface area contributed by atoms with Gasteiger partial charge in [0, 0.05) is 39.3 Å². The largest absolute Gasteiger partial charge is 0.423 e. The molecule has 1 atom stereocenters. The molecule has 0 aliphatic carbocycles. The van der Waals surface area contributed by atoms with Gasteiger partial charge in [-0.15, -0.1) is 0 Å². The minimum atomic E-state index is 0.388. The lowest BCUT2D eigenvalue weighted by Crippen LogP contribution is -2.45. The van der Waals surface area contributed by atoms with Gasteiger partial charge in [0.15, 0.2) is 5.89 Å². The fourth-order valence-corrected chi connectivity index (χ4v) is 4.83. The number of hydrogen-bond acceptors (Lipinski definition) is 6. The van der Waals surface area contributed by atoms with E-state index in [2.05, 4.69) is 69.6 Å². The number of rotatable bonds is 5. The standard InChI is InChI=1S/C22H28N4OS/c1-15(2)18-7-5-6-8-19(18)20-14-25(11-12-26(20)28-4)13-17-9-10-23-22-21(17)24-16(3)27-22/h5-10,15,20H,11-14H2,1-4H3. The lowest BCUT2D eigenvalue weighted by molar-refractivity contribution is 0.137. The van der Waals surface area contributed by atoms with Gasteiger partial charge in [-0.2, -0.15) is 0 Å². The van der Waals surface area contributed by atoms with E-state index in [1.165, 1.54) is 16.7 Å². The maximum absolute atomic E-state index is 5.61. The van der Waals surface area contributed by atoms with Crippen LogP contribution in [0.3, 0.4) is 0 Å². The van der Waals surface area contributed by atoms with Crippen molar-refractivity contribution in [1.82, 2.24) is 19.2 Å². The molecule has 1 aliphatic heterocycles. The first-order chi connectivity index (χ1) is 13.6. The summed E-state index contributed by atoms with van der Waals surface area (Å²) >= 11 is 1.85. The Morgan fingerprint density at radius 1 is 1.21 bits per heavy atom. The molecule has 6 heteroatoms. The summed E-state index contributed by atoms with van der Waals surface area (Å²) in [4.78, 5) is 11.4. The number of pyridine rings is 1. The van der Waals surface area contributed by atoms with Crippen LogP contribution in [0.25, 0.3) is 11.2 Å². The van der Waals surface area contributed by atoms with Gasteiger partial charge in [0.25, 0.3) is 0 Å². The maximum Gasteiger partial charge on any atom is 0.247 e. The minimum absolute atomic E-state index is 0.388. The molecular formula is C22H28N4OS. The summed E-state index contributed by atoms with van der Waals surface area (Å²) in [6.07, 6.45) is 4.01. The SMILES string of the molecule is CSN1CCN(Cc2ccnc3oc(C)nc23)CC1c1ccccc1C(C)C. The van der Waals surface area contributed by atoms with Crippen molar-refractivity contribution in [3.8, 4) is 0 Å². The Morgan fingerprint density at radius 3 is 2.82 bits per heavy atom. The van der Waals surface area contributed by atoms with Gasteiger partial charge in [0.1, 0.15) is 5.52 Å². The van der Waals surface area contributed by atoms with Gasteiger partial charge >= 0.3 is 0 Å². The number of aryl methyl sites for hydroxylation is 1. The molecule has 0 bridgehead atoms. The first-order valence-electron chi connectivity index (χ1n) is 9.89. The van der Waals surface area contributed by atoms with Gasteiger partial charge in [-0.1, -0.05) is 50.1 Å². The topological polar surface area (TPSA) is 45.4 Å². The highest BCUT2D eigenvalue weighted by Crippen LogP contribution is 2.35. The third-order valence-corrected chi connectivity index (χ3v) is 6.41. The lowest BCUT2D eigenvalue weighted by atomic mass is 9.91. The highest BCUT2D eigenvalue weighted by Gasteiger charge is 2.30. The zero-order valence-electron chi connectivity index (χ0n) is 17.1. The van der Waals surface area contributed by atoms with Crippen LogP contribution in [0.4, 0.5) is 0 Å². The summed E-state index contributed by atoms with van der Waals surface area (Å²) in [5.41, 5.74) is 5.63. The van der Waals surface area contributed by atoms with Gasteiger partial charge in [0.2, 0.25) is 5.71 Å². The normalized spacial score (nSPS) is 19.0. The van der Waals surface area contributed by atoms with Crippen molar-refractivity contribution in [2.24, 2.45) is 0 Å². The van der Waals surface area contributed by atoms with Crippen LogP contribution in [0.2, 0.25) is 0 Å². The Morgan fingerprint density at radius 2 is 2.04 bits per heavy atom. The second kappa shape index (κ2) is 8.23. The van der Waals surface area contributed by atoms with E-state index in [1.807, 2.05) is 25.1 Å². The van der Waals surface area contributed by atoms with Crippen molar-refractivity contribution in [3.05, 3.63) is 59.1 Å². The van der Waals surface area contributed by atoms with Crippen LogP contribution >= 0.6 is 11.9 Å². The molecule has 1 aromatic carbocycles. The van der Waals surface area contributed by atoms with Gasteiger partial charge in [-0.25, -0.2) is 14.3 Å². The van der Waals surface area contributed by atoms with E-state index < -0.39 is 0 Å². The zero-order valence-corrected chi connectivity index (χ0v) is 17.9. The van der Waals surface area contributed by atoms with Gasteiger partial charge in [-0.3, -0.25) is 4.90 Å². The van der Waals surface area contributed by atoms with E-state index in [0.717, 1.165) is 31.7 Å². The van der Waals surface area contributed by atoms with E-state index in [-0.39, 0.29) is 0 Å². The van der Waals surface area contributed by atoms with E-state index in [0.29, 0.717) is 23.6 Å². The summed E-state index contributed by atoms with van der Waals surface area (Å²) < 4.78 is 8.14. The van der Waals surface area contributed by atoms with E-state index in [1.54, 1.807) is 0 Å². The van der Waals surface area contributed by atoms with Crippen LogP contribution in [-0.2, 0) is 6.54 Å². The molecule has 148 valence electrons. The van der Waals surface area contributed by atoms with Gasteiger partial charge < -0.3 is 4.42 Å². The van der Waals surface area contributed by atoms with E-state index in [9.17, 15) is 0 Å². The summed E-state index contributed by atoms with van der Waals surface area (Å²) in [7, 11) is 0. The fourth-order valence-electron chi connectivity index (χ4n) is 4.13. The molecule has 1 fully saturated rings. The number of aromatic nitrogens is 2. The second-order valence-corrected chi connectivity index (χ2v) is 8.55. The molecule has 0 spiro atoms. The Kier molecular flexibility index (Phi) is 5.71. The summed E-state index contributed by atoms with van der Waals surface area (Å²) in [5, 5.41) is 0. The van der Waals surface area contributed by atoms with E-state index >= 15 is 0 Å². The van der Waals surface area contributed by atoms with Crippen molar-refractivity contribution in [1.29, 1.82) is 0 Å². The zero-order chi connectivity index (χ0) is 19.7. The number of benzene rings is 1. The van der Waals surface area contributed by atoms with Crippen LogP contribution in [-0.4, -0.2) is 45.1 Å². The predicted molar refractivity (Wildman–Crippen MR) is 115 cm³/mol. The molecule has 1 aliphatic rings. The summed E-state index contributed by atoms with van der Waals surface area (Å²) in [6, 6.07) is 11.4. The van der Waals surface area contributed by atoms with Crippen LogP contribution in [0.5, 0.6) is 0 Å². The van der Waals surface area contributed by atoms with Crippen molar-refractivity contribution < 1.29 is 4.42 Å². The number of fused-ring (bicyclic) bond motifs is 1. The smallest absolute Gasteiger partial charge is 0.247 e. The molecule has 2 aromatic heterocycles. The molecule has 3 aromatic rings. The fraction of sp³-hybridized carbons (Fsp3) is 0.455. The highest BCUT2D eigenvalue weighted by atomic mass is 32.2. The van der Waals surface area contributed by atoms with Gasteiger partial charge in [0.05, 0.1) is 6.04 Å². The number of oxazole rings is 1. The molecule has 0 saturated carbocycles. The third kappa shape index (κ3) is 3.81. The second-order valence-electron chi connectivity index (χ2n) is 7.71. The summed E-state index contributed by atoms with van der Waals surface area (Å²) in [5.74, 6) is 1.19. The summed E-state index contributed by atoms with van der Waals surface area (Å²) in [6.45, 7) is 10.4. The Labute approximate surface area is 171 Å². The quantitative estimate of drug-likeness (QED) is 0.578. The molecule has 1 unspecified atom stereocenters. The Hall–Kier alpha value is -1.89. The van der Waals surface area contributed by atoms with E-state index in [4.69, 9.17) is 4.42 Å². The molecule has 0 N–H and O–H groups in total. The molecule has 0 amide bonds. The predicted octanol–water partition coefficient (Wildman–Crippen LogP) is 4.79. The number of hydrogen-bond donors (Lipinski definition) is 0. The average Bonchev–Trinajstić information content (AvgIpc) is 3.09. The van der Waals surface area contributed by atoms with Gasteiger partial charge in [-0.05, 0) is 34.9 Å². The highest BCUT2D eigenvalue weighted by molar-refractivity contribution is 7.96. The first-order valence-corrected chi connectivity index (χ1v) is 11.1. The Balaban J connectivity index is 1.61. The monoisotopic (exact) mass is 396 g/mol.